The quantitative estimate of drug-likeness (QED) is 0.692. The van der Waals surface area contributed by atoms with Crippen LogP contribution in [0, 0.1) is 5.92 Å². The molecule has 2 fully saturated rings. The van der Waals surface area contributed by atoms with Crippen molar-refractivity contribution in [2.45, 2.75) is 76.4 Å². The SMILES string of the molecule is CCCC[C@H](NC(=O)C1CC2CCCCC2N1)C(=O)O. The van der Waals surface area contributed by atoms with Crippen molar-refractivity contribution in [3.8, 4) is 0 Å². The van der Waals surface area contributed by atoms with Gasteiger partial charge in [-0.1, -0.05) is 32.6 Å². The summed E-state index contributed by atoms with van der Waals surface area (Å²) in [6.45, 7) is 2.02. The minimum absolute atomic E-state index is 0.136. The zero-order chi connectivity index (χ0) is 14.5. The van der Waals surface area contributed by atoms with Gasteiger partial charge in [0, 0.05) is 6.04 Å². The molecule has 1 heterocycles. The number of rotatable bonds is 6. The van der Waals surface area contributed by atoms with Crippen LogP contribution in [0.3, 0.4) is 0 Å². The lowest BCUT2D eigenvalue weighted by Gasteiger charge is -2.24. The van der Waals surface area contributed by atoms with Crippen LogP contribution < -0.4 is 10.6 Å². The molecule has 1 saturated heterocycles. The van der Waals surface area contributed by atoms with E-state index in [9.17, 15) is 9.59 Å². The first kappa shape index (κ1) is 15.3. The summed E-state index contributed by atoms with van der Waals surface area (Å²) in [4.78, 5) is 23.4. The molecule has 2 aliphatic rings. The van der Waals surface area contributed by atoms with Crippen LogP contribution in [0.4, 0.5) is 0 Å². The van der Waals surface area contributed by atoms with Crippen LogP contribution >= 0.6 is 0 Å². The summed E-state index contributed by atoms with van der Waals surface area (Å²) in [6.07, 6.45) is 7.95. The first-order chi connectivity index (χ1) is 9.61. The fraction of sp³-hybridized carbons (Fsp3) is 0.867. The molecule has 114 valence electrons. The van der Waals surface area contributed by atoms with Crippen molar-refractivity contribution in [3.63, 3.8) is 0 Å². The second-order valence-corrected chi connectivity index (χ2v) is 6.15. The summed E-state index contributed by atoms with van der Waals surface area (Å²) in [5, 5.41) is 15.3. The average Bonchev–Trinajstić information content (AvgIpc) is 2.86. The Morgan fingerprint density at radius 3 is 2.75 bits per heavy atom. The Kier molecular flexibility index (Phi) is 5.40. The highest BCUT2D eigenvalue weighted by molar-refractivity contribution is 5.87. The molecule has 0 aromatic carbocycles. The lowest BCUT2D eigenvalue weighted by Crippen LogP contribution is -2.49. The molecular weight excluding hydrogens is 256 g/mol. The van der Waals surface area contributed by atoms with Crippen molar-refractivity contribution in [3.05, 3.63) is 0 Å². The van der Waals surface area contributed by atoms with Crippen LogP contribution in [0.25, 0.3) is 0 Å². The highest BCUT2D eigenvalue weighted by Crippen LogP contribution is 2.33. The second-order valence-electron chi connectivity index (χ2n) is 6.15. The summed E-state index contributed by atoms with van der Waals surface area (Å²) >= 11 is 0. The highest BCUT2D eigenvalue weighted by Gasteiger charge is 2.38. The molecule has 3 unspecified atom stereocenters. The van der Waals surface area contributed by atoms with E-state index in [0.717, 1.165) is 25.7 Å². The topological polar surface area (TPSA) is 78.4 Å². The standard InChI is InChI=1S/C15H26N2O3/c1-2-3-7-12(15(19)20)17-14(18)13-9-10-6-4-5-8-11(10)16-13/h10-13,16H,2-9H2,1H3,(H,17,18)(H,19,20)/t10?,11?,12-,13?/m0/s1. The van der Waals surface area contributed by atoms with E-state index in [4.69, 9.17) is 5.11 Å². The van der Waals surface area contributed by atoms with E-state index in [1.807, 2.05) is 6.92 Å². The van der Waals surface area contributed by atoms with Gasteiger partial charge in [-0.3, -0.25) is 4.79 Å². The van der Waals surface area contributed by atoms with Gasteiger partial charge in [0.1, 0.15) is 6.04 Å². The summed E-state index contributed by atoms with van der Waals surface area (Å²) in [6, 6.07) is -0.489. The molecule has 3 N–H and O–H groups in total. The number of nitrogens with one attached hydrogen (secondary N) is 2. The molecule has 0 aromatic heterocycles. The van der Waals surface area contributed by atoms with Crippen molar-refractivity contribution in [1.82, 2.24) is 10.6 Å². The molecule has 0 aromatic rings. The van der Waals surface area contributed by atoms with E-state index in [0.29, 0.717) is 18.4 Å². The Bertz CT molecular complexity index is 345. The van der Waals surface area contributed by atoms with Gasteiger partial charge < -0.3 is 15.7 Å². The largest absolute Gasteiger partial charge is 0.480 e. The molecule has 5 heteroatoms. The molecule has 1 aliphatic carbocycles. The zero-order valence-corrected chi connectivity index (χ0v) is 12.2. The van der Waals surface area contributed by atoms with Crippen molar-refractivity contribution in [2.24, 2.45) is 5.92 Å². The number of hydrogen-bond donors (Lipinski definition) is 3. The molecule has 20 heavy (non-hydrogen) atoms. The fourth-order valence-electron chi connectivity index (χ4n) is 3.46. The molecular formula is C15H26N2O3. The van der Waals surface area contributed by atoms with Gasteiger partial charge in [-0.05, 0) is 31.6 Å². The third-order valence-electron chi connectivity index (χ3n) is 4.64. The molecule has 1 amide bonds. The predicted octanol–water partition coefficient (Wildman–Crippen LogP) is 1.67. The monoisotopic (exact) mass is 282 g/mol. The van der Waals surface area contributed by atoms with Gasteiger partial charge in [-0.25, -0.2) is 4.79 Å². The molecule has 1 saturated carbocycles. The van der Waals surface area contributed by atoms with Gasteiger partial charge >= 0.3 is 5.97 Å². The lowest BCUT2D eigenvalue weighted by atomic mass is 9.85. The van der Waals surface area contributed by atoms with Gasteiger partial charge in [0.25, 0.3) is 0 Å². The normalized spacial score (nSPS) is 30.6. The minimum atomic E-state index is -0.929. The molecule has 1 aliphatic heterocycles. The molecule has 0 radical (unpaired) electrons. The summed E-state index contributed by atoms with van der Waals surface area (Å²) in [5.74, 6) is -0.469. The number of carbonyl (C=O) groups is 2. The number of hydrogen-bond acceptors (Lipinski definition) is 3. The molecule has 0 spiro atoms. The van der Waals surface area contributed by atoms with E-state index in [-0.39, 0.29) is 11.9 Å². The van der Waals surface area contributed by atoms with Crippen LogP contribution in [0.5, 0.6) is 0 Å². The number of carboxylic acid groups (broad SMARTS) is 1. The third kappa shape index (κ3) is 3.72. The maximum absolute atomic E-state index is 12.2. The Labute approximate surface area is 120 Å². The minimum Gasteiger partial charge on any atom is -0.480 e. The van der Waals surface area contributed by atoms with Crippen LogP contribution in [-0.4, -0.2) is 35.1 Å². The van der Waals surface area contributed by atoms with Gasteiger partial charge in [-0.15, -0.1) is 0 Å². The molecule has 0 bridgehead atoms. The number of fused-ring (bicyclic) bond motifs is 1. The van der Waals surface area contributed by atoms with E-state index in [1.165, 1.54) is 19.3 Å². The highest BCUT2D eigenvalue weighted by atomic mass is 16.4. The molecule has 4 atom stereocenters. The summed E-state index contributed by atoms with van der Waals surface area (Å²) in [7, 11) is 0. The van der Waals surface area contributed by atoms with Gasteiger partial charge in [0.05, 0.1) is 6.04 Å². The average molecular weight is 282 g/mol. The maximum atomic E-state index is 12.2. The smallest absolute Gasteiger partial charge is 0.326 e. The Morgan fingerprint density at radius 1 is 1.35 bits per heavy atom. The first-order valence-electron chi connectivity index (χ1n) is 7.91. The number of aliphatic carboxylic acids is 1. The molecule has 5 nitrogen and oxygen atoms in total. The first-order valence-corrected chi connectivity index (χ1v) is 7.91. The number of carboxylic acids is 1. The van der Waals surface area contributed by atoms with Gasteiger partial charge in [-0.2, -0.15) is 0 Å². The van der Waals surface area contributed by atoms with Crippen molar-refractivity contribution < 1.29 is 14.7 Å². The van der Waals surface area contributed by atoms with E-state index >= 15 is 0 Å². The van der Waals surface area contributed by atoms with Crippen molar-refractivity contribution in [2.75, 3.05) is 0 Å². The van der Waals surface area contributed by atoms with Crippen LogP contribution in [0.15, 0.2) is 0 Å². The Hall–Kier alpha value is -1.10. The number of amides is 1. The van der Waals surface area contributed by atoms with E-state index in [2.05, 4.69) is 10.6 Å². The zero-order valence-electron chi connectivity index (χ0n) is 12.2. The van der Waals surface area contributed by atoms with Crippen LogP contribution in [0.1, 0.15) is 58.3 Å². The van der Waals surface area contributed by atoms with E-state index < -0.39 is 12.0 Å². The Balaban J connectivity index is 1.85. The van der Waals surface area contributed by atoms with E-state index in [1.54, 1.807) is 0 Å². The summed E-state index contributed by atoms with van der Waals surface area (Å²) in [5.41, 5.74) is 0. The number of unbranched alkanes of at least 4 members (excludes halogenated alkanes) is 1. The second kappa shape index (κ2) is 7.07. The Morgan fingerprint density at radius 2 is 2.10 bits per heavy atom. The van der Waals surface area contributed by atoms with Crippen LogP contribution in [-0.2, 0) is 9.59 Å². The third-order valence-corrected chi connectivity index (χ3v) is 4.64. The van der Waals surface area contributed by atoms with Crippen molar-refractivity contribution in [1.29, 1.82) is 0 Å². The molecule has 2 rings (SSSR count). The van der Waals surface area contributed by atoms with Gasteiger partial charge in [0.2, 0.25) is 5.91 Å². The van der Waals surface area contributed by atoms with Crippen LogP contribution in [0.2, 0.25) is 0 Å². The van der Waals surface area contributed by atoms with Gasteiger partial charge in [0.15, 0.2) is 0 Å². The maximum Gasteiger partial charge on any atom is 0.326 e. The predicted molar refractivity (Wildman–Crippen MR) is 76.4 cm³/mol. The van der Waals surface area contributed by atoms with Crippen molar-refractivity contribution >= 4 is 11.9 Å². The lowest BCUT2D eigenvalue weighted by molar-refractivity contribution is -0.142. The fourth-order valence-corrected chi connectivity index (χ4v) is 3.46. The number of carbonyl (C=O) groups excluding carboxylic acids is 1. The summed E-state index contributed by atoms with van der Waals surface area (Å²) < 4.78 is 0.